The van der Waals surface area contributed by atoms with E-state index in [-0.39, 0.29) is 24.2 Å². The molecule has 4 N–H and O–H groups in total. The second-order valence-corrected chi connectivity index (χ2v) is 8.07. The molecule has 0 aromatic heterocycles. The maximum absolute atomic E-state index is 14.3. The van der Waals surface area contributed by atoms with E-state index in [9.17, 15) is 28.7 Å². The lowest BCUT2D eigenvalue weighted by Gasteiger charge is -2.19. The summed E-state index contributed by atoms with van der Waals surface area (Å²) in [6.45, 7) is 1.64. The maximum atomic E-state index is 14.3. The zero-order valence-corrected chi connectivity index (χ0v) is 20.2. The van der Waals surface area contributed by atoms with Gasteiger partial charge in [-0.1, -0.05) is 48.5 Å². The van der Waals surface area contributed by atoms with E-state index in [4.69, 9.17) is 0 Å². The van der Waals surface area contributed by atoms with Gasteiger partial charge in [0.2, 0.25) is 5.91 Å². The summed E-state index contributed by atoms with van der Waals surface area (Å²) in [5, 5.41) is 17.3. The topological polar surface area (TPSA) is 128 Å². The van der Waals surface area contributed by atoms with Crippen LogP contribution < -0.4 is 16.0 Å². The van der Waals surface area contributed by atoms with E-state index in [1.807, 2.05) is 0 Å². The van der Waals surface area contributed by atoms with E-state index in [0.29, 0.717) is 17.8 Å². The number of anilines is 1. The zero-order chi connectivity index (χ0) is 26.8. The molecule has 0 aliphatic heterocycles. The second-order valence-electron chi connectivity index (χ2n) is 8.07. The fourth-order valence-corrected chi connectivity index (χ4v) is 3.56. The number of carbonyl (C=O) groups is 4. The molecule has 37 heavy (non-hydrogen) atoms. The van der Waals surface area contributed by atoms with Gasteiger partial charge in [0.05, 0.1) is 5.56 Å². The third-order valence-electron chi connectivity index (χ3n) is 5.37. The van der Waals surface area contributed by atoms with E-state index in [1.54, 1.807) is 43.3 Å². The molecule has 192 valence electrons. The van der Waals surface area contributed by atoms with Crippen molar-refractivity contribution in [1.82, 2.24) is 15.5 Å². The van der Waals surface area contributed by atoms with Crippen molar-refractivity contribution in [3.8, 4) is 0 Å². The first kappa shape index (κ1) is 26.9. The number of carboxylic acid groups (broad SMARTS) is 1. The van der Waals surface area contributed by atoms with Crippen LogP contribution in [-0.4, -0.2) is 46.9 Å². The van der Waals surface area contributed by atoms with Crippen molar-refractivity contribution in [3.05, 3.63) is 101 Å². The molecule has 3 aromatic carbocycles. The van der Waals surface area contributed by atoms with Crippen molar-refractivity contribution >= 4 is 29.5 Å². The first-order chi connectivity index (χ1) is 17.8. The standard InChI is InChI=1S/C27H27FN4O5/c1-2-29-26(35)31-20-13-12-19(22(14-20)25(34)21-10-6-7-11-23(21)28)15-30-24(33)17-32(27(36)37)16-18-8-4-3-5-9-18/h3-14H,2,15-17H2,1H3,(H,30,33)(H,36,37)(H2,29,31,35). The lowest BCUT2D eigenvalue weighted by Crippen LogP contribution is -2.39. The van der Waals surface area contributed by atoms with Crippen LogP contribution in [0.5, 0.6) is 0 Å². The van der Waals surface area contributed by atoms with Crippen LogP contribution in [0.15, 0.2) is 72.8 Å². The van der Waals surface area contributed by atoms with Crippen LogP contribution in [0, 0.1) is 5.82 Å². The number of hydrogen-bond acceptors (Lipinski definition) is 4. The van der Waals surface area contributed by atoms with Gasteiger partial charge in [0, 0.05) is 30.9 Å². The molecule has 3 aromatic rings. The molecule has 0 aliphatic carbocycles. The molecule has 0 bridgehead atoms. The van der Waals surface area contributed by atoms with Gasteiger partial charge in [-0.05, 0) is 42.3 Å². The summed E-state index contributed by atoms with van der Waals surface area (Å²) >= 11 is 0. The SMILES string of the molecule is CCNC(=O)Nc1ccc(CNC(=O)CN(Cc2ccccc2)C(=O)O)c(C(=O)c2ccccc2F)c1. The lowest BCUT2D eigenvalue weighted by molar-refractivity contribution is -0.122. The average molecular weight is 507 g/mol. The Morgan fingerprint density at radius 1 is 0.892 bits per heavy atom. The van der Waals surface area contributed by atoms with Crippen molar-refractivity contribution in [2.45, 2.75) is 20.0 Å². The Labute approximate surface area is 213 Å². The third-order valence-corrected chi connectivity index (χ3v) is 5.37. The monoisotopic (exact) mass is 506 g/mol. The summed E-state index contributed by atoms with van der Waals surface area (Å²) in [6.07, 6.45) is -1.25. The molecule has 4 amide bonds. The molecule has 0 fully saturated rings. The molecule has 0 saturated carbocycles. The molecule has 3 rings (SSSR count). The molecule has 9 nitrogen and oxygen atoms in total. The van der Waals surface area contributed by atoms with Crippen LogP contribution in [-0.2, 0) is 17.9 Å². The highest BCUT2D eigenvalue weighted by Crippen LogP contribution is 2.21. The summed E-state index contributed by atoms with van der Waals surface area (Å²) in [7, 11) is 0. The van der Waals surface area contributed by atoms with Gasteiger partial charge < -0.3 is 21.1 Å². The van der Waals surface area contributed by atoms with Crippen LogP contribution in [0.25, 0.3) is 0 Å². The molecular weight excluding hydrogens is 479 g/mol. The minimum Gasteiger partial charge on any atom is -0.465 e. The number of nitrogens with zero attached hydrogens (tertiary/aromatic N) is 1. The van der Waals surface area contributed by atoms with Crippen molar-refractivity contribution < 1.29 is 28.7 Å². The van der Waals surface area contributed by atoms with E-state index < -0.39 is 36.2 Å². The van der Waals surface area contributed by atoms with Gasteiger partial charge in [-0.25, -0.2) is 14.0 Å². The predicted octanol–water partition coefficient (Wildman–Crippen LogP) is 3.99. The molecule has 0 radical (unpaired) electrons. The summed E-state index contributed by atoms with van der Waals surface area (Å²) in [4.78, 5) is 50.3. The number of benzene rings is 3. The second kappa shape index (κ2) is 12.8. The Hall–Kier alpha value is -4.73. The first-order valence-electron chi connectivity index (χ1n) is 11.5. The zero-order valence-electron chi connectivity index (χ0n) is 20.2. The van der Waals surface area contributed by atoms with Crippen molar-refractivity contribution in [2.75, 3.05) is 18.4 Å². The highest BCUT2D eigenvalue weighted by atomic mass is 19.1. The summed E-state index contributed by atoms with van der Waals surface area (Å²) in [6, 6.07) is 18.4. The van der Waals surface area contributed by atoms with Crippen molar-refractivity contribution in [3.63, 3.8) is 0 Å². The summed E-state index contributed by atoms with van der Waals surface area (Å²) < 4.78 is 14.3. The van der Waals surface area contributed by atoms with E-state index in [0.717, 1.165) is 10.5 Å². The lowest BCUT2D eigenvalue weighted by atomic mass is 9.97. The van der Waals surface area contributed by atoms with Crippen LogP contribution in [0.4, 0.5) is 19.7 Å². The van der Waals surface area contributed by atoms with Gasteiger partial charge in [0.15, 0.2) is 5.78 Å². The number of amides is 4. The Balaban J connectivity index is 1.78. The molecule has 0 aliphatic rings. The fraction of sp³-hybridized carbons (Fsp3) is 0.185. The quantitative estimate of drug-likeness (QED) is 0.309. The predicted molar refractivity (Wildman–Crippen MR) is 136 cm³/mol. The highest BCUT2D eigenvalue weighted by Gasteiger charge is 2.20. The Kier molecular flexibility index (Phi) is 9.31. The van der Waals surface area contributed by atoms with Crippen molar-refractivity contribution in [2.24, 2.45) is 0 Å². The van der Waals surface area contributed by atoms with E-state index in [1.165, 1.54) is 36.4 Å². The van der Waals surface area contributed by atoms with Gasteiger partial charge in [0.1, 0.15) is 12.4 Å². The van der Waals surface area contributed by atoms with Gasteiger partial charge in [-0.15, -0.1) is 0 Å². The Morgan fingerprint density at radius 2 is 1.59 bits per heavy atom. The van der Waals surface area contributed by atoms with Crippen LogP contribution >= 0.6 is 0 Å². The van der Waals surface area contributed by atoms with Crippen molar-refractivity contribution in [1.29, 1.82) is 0 Å². The number of hydrogen-bond donors (Lipinski definition) is 4. The van der Waals surface area contributed by atoms with Crippen LogP contribution in [0.3, 0.4) is 0 Å². The average Bonchev–Trinajstić information content (AvgIpc) is 2.88. The normalized spacial score (nSPS) is 10.3. The first-order valence-corrected chi connectivity index (χ1v) is 11.5. The highest BCUT2D eigenvalue weighted by molar-refractivity contribution is 6.11. The maximum Gasteiger partial charge on any atom is 0.408 e. The molecule has 0 spiro atoms. The van der Waals surface area contributed by atoms with Gasteiger partial charge in [-0.2, -0.15) is 0 Å². The number of nitrogens with one attached hydrogen (secondary N) is 3. The minimum atomic E-state index is -1.25. The number of carbonyl (C=O) groups excluding carboxylic acids is 3. The fourth-order valence-electron chi connectivity index (χ4n) is 3.56. The number of urea groups is 1. The van der Waals surface area contributed by atoms with Crippen LogP contribution in [0.1, 0.15) is 34.0 Å². The van der Waals surface area contributed by atoms with E-state index >= 15 is 0 Å². The molecule has 0 atom stereocenters. The third kappa shape index (κ3) is 7.63. The summed E-state index contributed by atoms with van der Waals surface area (Å²) in [5.41, 5.74) is 1.32. The Morgan fingerprint density at radius 3 is 2.27 bits per heavy atom. The van der Waals surface area contributed by atoms with Gasteiger partial charge >= 0.3 is 12.1 Å². The van der Waals surface area contributed by atoms with Gasteiger partial charge in [0.25, 0.3) is 0 Å². The smallest absolute Gasteiger partial charge is 0.408 e. The number of rotatable bonds is 10. The molecule has 0 saturated heterocycles. The molecule has 0 unspecified atom stereocenters. The number of ketones is 1. The molecular formula is C27H27FN4O5. The Bertz CT molecular complexity index is 1280. The molecule has 10 heteroatoms. The summed E-state index contributed by atoms with van der Waals surface area (Å²) in [5.74, 6) is -1.91. The minimum absolute atomic E-state index is 0.0286. The van der Waals surface area contributed by atoms with E-state index in [2.05, 4.69) is 16.0 Å². The number of halogens is 1. The molecule has 0 heterocycles. The van der Waals surface area contributed by atoms with Crippen LogP contribution in [0.2, 0.25) is 0 Å². The van der Waals surface area contributed by atoms with Gasteiger partial charge in [-0.3, -0.25) is 14.5 Å². The largest absolute Gasteiger partial charge is 0.465 e.